The number of hydroxylamine groups is 1. The van der Waals surface area contributed by atoms with Crippen LogP contribution in [0.3, 0.4) is 0 Å². The predicted octanol–water partition coefficient (Wildman–Crippen LogP) is 5.09. The van der Waals surface area contributed by atoms with Crippen molar-refractivity contribution in [2.24, 2.45) is 0 Å². The van der Waals surface area contributed by atoms with Crippen molar-refractivity contribution in [2.75, 3.05) is 27.4 Å². The Hall–Kier alpha value is -4.05. The molecule has 0 saturated carbocycles. The minimum Gasteiger partial charge on any atom is -0.494 e. The van der Waals surface area contributed by atoms with Crippen molar-refractivity contribution in [3.63, 3.8) is 0 Å². The Labute approximate surface area is 233 Å². The number of aromatic nitrogens is 2. The van der Waals surface area contributed by atoms with Gasteiger partial charge in [-0.2, -0.15) is 0 Å². The van der Waals surface area contributed by atoms with Gasteiger partial charge in [0.25, 0.3) is 5.91 Å². The number of carbonyl (C=O) groups excluding carboxylic acids is 1. The zero-order chi connectivity index (χ0) is 27.9. The lowest BCUT2D eigenvalue weighted by atomic mass is 9.98. The molecule has 9 nitrogen and oxygen atoms in total. The van der Waals surface area contributed by atoms with Crippen molar-refractivity contribution in [3.05, 3.63) is 72.1 Å². The Bertz CT molecular complexity index is 1450. The lowest BCUT2D eigenvalue weighted by Crippen LogP contribution is -2.33. The summed E-state index contributed by atoms with van der Waals surface area (Å²) in [6.45, 7) is 0.778. The van der Waals surface area contributed by atoms with E-state index < -0.39 is 12.2 Å². The molecule has 9 heteroatoms. The van der Waals surface area contributed by atoms with Crippen LogP contribution in [0.1, 0.15) is 41.6 Å². The smallest absolute Gasteiger partial charge is 0.279 e. The third kappa shape index (κ3) is 5.91. The lowest BCUT2D eigenvalue weighted by Gasteiger charge is -2.23. The second-order valence-corrected chi connectivity index (χ2v) is 9.55. The summed E-state index contributed by atoms with van der Waals surface area (Å²) in [6.07, 6.45) is 6.86. The summed E-state index contributed by atoms with van der Waals surface area (Å²) >= 11 is 0. The number of rotatable bonds is 10. The number of nitrogens with one attached hydrogen (secondary N) is 1. The molecule has 208 valence electrons. The number of nitrogens with zero attached hydrogens (tertiary/aromatic N) is 2. The van der Waals surface area contributed by atoms with Crippen molar-refractivity contribution in [1.29, 1.82) is 0 Å². The Kier molecular flexibility index (Phi) is 8.85. The molecule has 1 aliphatic rings. The van der Waals surface area contributed by atoms with E-state index in [4.69, 9.17) is 29.1 Å². The number of benzene rings is 2. The molecule has 1 atom stereocenters. The van der Waals surface area contributed by atoms with E-state index in [0.29, 0.717) is 41.1 Å². The summed E-state index contributed by atoms with van der Waals surface area (Å²) in [5.41, 5.74) is 7.83. The minimum atomic E-state index is -0.500. The monoisotopic (exact) mass is 543 g/mol. The second-order valence-electron chi connectivity index (χ2n) is 9.55. The summed E-state index contributed by atoms with van der Waals surface area (Å²) in [5.74, 6) is 0.242. The fourth-order valence-corrected chi connectivity index (χ4v) is 4.85. The maximum atomic E-state index is 13.5. The fraction of sp³-hybridized carbons (Fsp3) is 0.323. The van der Waals surface area contributed by atoms with Gasteiger partial charge in [-0.15, -0.1) is 0 Å². The van der Waals surface area contributed by atoms with Gasteiger partial charge in [0.2, 0.25) is 0 Å². The molecule has 0 spiro atoms. The first-order valence-electron chi connectivity index (χ1n) is 13.4. The molecule has 4 aromatic rings. The third-order valence-electron chi connectivity index (χ3n) is 6.96. The number of hydrogen-bond donors (Lipinski definition) is 2. The highest BCUT2D eigenvalue weighted by molar-refractivity contribution is 6.11. The van der Waals surface area contributed by atoms with Gasteiger partial charge in [0.05, 0.1) is 26.0 Å². The lowest BCUT2D eigenvalue weighted by molar-refractivity contribution is -0.186. The molecular formula is C31H33N3O6. The van der Waals surface area contributed by atoms with Crippen LogP contribution in [-0.2, 0) is 16.0 Å². The van der Waals surface area contributed by atoms with Crippen molar-refractivity contribution >= 4 is 16.8 Å². The van der Waals surface area contributed by atoms with Crippen molar-refractivity contribution in [3.8, 4) is 33.9 Å². The number of hydrogen-bond acceptors (Lipinski definition) is 8. The normalized spacial score (nSPS) is 15.1. The minimum absolute atomic E-state index is 0.184. The van der Waals surface area contributed by atoms with Crippen LogP contribution in [-0.4, -0.2) is 54.7 Å². The van der Waals surface area contributed by atoms with Crippen LogP contribution in [0.15, 0.2) is 60.9 Å². The van der Waals surface area contributed by atoms with Gasteiger partial charge in [0, 0.05) is 36.8 Å². The molecule has 2 N–H and O–H groups in total. The zero-order valence-corrected chi connectivity index (χ0v) is 22.7. The van der Waals surface area contributed by atoms with E-state index in [1.807, 2.05) is 24.3 Å². The van der Waals surface area contributed by atoms with E-state index in [1.54, 1.807) is 12.4 Å². The average molecular weight is 544 g/mol. The third-order valence-corrected chi connectivity index (χ3v) is 6.96. The quantitative estimate of drug-likeness (QED) is 0.266. The highest BCUT2D eigenvalue weighted by Crippen LogP contribution is 2.39. The molecule has 0 radical (unpaired) electrons. The molecule has 2 aromatic carbocycles. The second kappa shape index (κ2) is 12.9. The summed E-state index contributed by atoms with van der Waals surface area (Å²) < 4.78 is 16.9. The molecule has 1 amide bonds. The number of aliphatic hydroxyl groups is 1. The van der Waals surface area contributed by atoms with Crippen molar-refractivity contribution < 1.29 is 28.9 Å². The summed E-state index contributed by atoms with van der Waals surface area (Å²) in [6, 6.07) is 16.2. The Morgan fingerprint density at radius 1 is 1.00 bits per heavy atom. The molecule has 1 fully saturated rings. The SMILES string of the molecule is COc1c(-c2ccc(-c3ccc(CCCO)cc3)cc2)nc2c(OC)cncc2c1C(=O)NOC1CCCCO1. The molecule has 0 aliphatic carbocycles. The van der Waals surface area contributed by atoms with Gasteiger partial charge in [-0.3, -0.25) is 9.78 Å². The summed E-state index contributed by atoms with van der Waals surface area (Å²) in [7, 11) is 3.05. The Morgan fingerprint density at radius 3 is 2.38 bits per heavy atom. The van der Waals surface area contributed by atoms with E-state index >= 15 is 0 Å². The maximum Gasteiger partial charge on any atom is 0.279 e. The van der Waals surface area contributed by atoms with Gasteiger partial charge in [0.15, 0.2) is 17.8 Å². The highest BCUT2D eigenvalue weighted by Gasteiger charge is 2.26. The molecule has 1 aliphatic heterocycles. The molecule has 2 aromatic heterocycles. The summed E-state index contributed by atoms with van der Waals surface area (Å²) in [5, 5.41) is 9.55. The first-order chi connectivity index (χ1) is 19.6. The summed E-state index contributed by atoms with van der Waals surface area (Å²) in [4.78, 5) is 28.2. The number of pyridine rings is 2. The number of amides is 1. The van der Waals surface area contributed by atoms with Crippen LogP contribution in [0.4, 0.5) is 0 Å². The van der Waals surface area contributed by atoms with E-state index in [2.05, 4.69) is 34.7 Å². The van der Waals surface area contributed by atoms with Crippen molar-refractivity contribution in [1.82, 2.24) is 15.4 Å². The fourth-order valence-electron chi connectivity index (χ4n) is 4.85. The largest absolute Gasteiger partial charge is 0.494 e. The van der Waals surface area contributed by atoms with E-state index in [0.717, 1.165) is 42.4 Å². The predicted molar refractivity (Wildman–Crippen MR) is 151 cm³/mol. The molecular weight excluding hydrogens is 510 g/mol. The topological polar surface area (TPSA) is 112 Å². The first kappa shape index (κ1) is 27.5. The van der Waals surface area contributed by atoms with Gasteiger partial charge in [-0.05, 0) is 42.4 Å². The highest BCUT2D eigenvalue weighted by atomic mass is 16.8. The molecule has 40 heavy (non-hydrogen) atoms. The van der Waals surface area contributed by atoms with E-state index in [9.17, 15) is 4.79 Å². The van der Waals surface area contributed by atoms with Gasteiger partial charge in [0.1, 0.15) is 11.2 Å². The first-order valence-corrected chi connectivity index (χ1v) is 13.4. The van der Waals surface area contributed by atoms with Crippen LogP contribution in [0.2, 0.25) is 0 Å². The number of methoxy groups -OCH3 is 2. The van der Waals surface area contributed by atoms with E-state index in [-0.39, 0.29) is 12.2 Å². The average Bonchev–Trinajstić information content (AvgIpc) is 3.02. The number of carbonyl (C=O) groups is 1. The van der Waals surface area contributed by atoms with Crippen LogP contribution in [0, 0.1) is 0 Å². The standard InChI is InChI=1S/C31H33N3O6/c1-37-25-19-32-18-24-27(31(36)34-40-26-7-3-4-17-39-26)30(38-2)28(33-29(24)25)23-14-12-22(13-15-23)21-10-8-20(9-11-21)6-5-16-35/h8-15,18-19,26,35H,3-7,16-17H2,1-2H3,(H,34,36). The van der Waals surface area contributed by atoms with Crippen LogP contribution < -0.4 is 15.0 Å². The maximum absolute atomic E-state index is 13.5. The molecule has 1 saturated heterocycles. The molecule has 0 bridgehead atoms. The molecule has 5 rings (SSSR count). The van der Waals surface area contributed by atoms with Crippen molar-refractivity contribution in [2.45, 2.75) is 38.4 Å². The van der Waals surface area contributed by atoms with Crippen LogP contribution in [0.25, 0.3) is 33.3 Å². The van der Waals surface area contributed by atoms with E-state index in [1.165, 1.54) is 19.8 Å². The van der Waals surface area contributed by atoms with Crippen LogP contribution >= 0.6 is 0 Å². The Morgan fingerprint density at radius 2 is 1.73 bits per heavy atom. The van der Waals surface area contributed by atoms with Crippen LogP contribution in [0.5, 0.6) is 11.5 Å². The number of aliphatic hydroxyl groups excluding tert-OH is 1. The molecule has 1 unspecified atom stereocenters. The van der Waals surface area contributed by atoms with Gasteiger partial charge in [-0.25, -0.2) is 15.3 Å². The Balaban J connectivity index is 1.51. The number of ether oxygens (including phenoxy) is 3. The van der Waals surface area contributed by atoms with Gasteiger partial charge < -0.3 is 19.3 Å². The van der Waals surface area contributed by atoms with Gasteiger partial charge >= 0.3 is 0 Å². The number of fused-ring (bicyclic) bond motifs is 1. The van der Waals surface area contributed by atoms with Gasteiger partial charge in [-0.1, -0.05) is 48.5 Å². The number of aryl methyl sites for hydroxylation is 1. The molecule has 3 heterocycles. The zero-order valence-electron chi connectivity index (χ0n) is 22.7.